The van der Waals surface area contributed by atoms with Gasteiger partial charge in [-0.15, -0.1) is 10.2 Å². The van der Waals surface area contributed by atoms with Gasteiger partial charge in [0.1, 0.15) is 12.1 Å². The Morgan fingerprint density at radius 1 is 1.40 bits per heavy atom. The number of thioether (sulfide) groups is 1. The van der Waals surface area contributed by atoms with Crippen LogP contribution in [-0.4, -0.2) is 38.7 Å². The van der Waals surface area contributed by atoms with Crippen molar-refractivity contribution in [2.75, 3.05) is 12.9 Å². The Balaban J connectivity index is 1.93. The number of aromatic nitrogens is 3. The van der Waals surface area contributed by atoms with Crippen LogP contribution in [-0.2, 0) is 17.8 Å². The number of carboxylic acid groups (broad SMARTS) is 1. The summed E-state index contributed by atoms with van der Waals surface area (Å²) in [5.41, 5.74) is 1.17. The number of carbonyl (C=O) groups is 1. The average Bonchev–Trinajstić information content (AvgIpc) is 2.91. The van der Waals surface area contributed by atoms with Crippen molar-refractivity contribution in [3.05, 3.63) is 36.2 Å². The van der Waals surface area contributed by atoms with Crippen LogP contribution < -0.4 is 4.74 Å². The molecular weight excluding hydrogens is 278 g/mol. The quantitative estimate of drug-likeness (QED) is 0.783. The number of carboxylic acids is 1. The van der Waals surface area contributed by atoms with Gasteiger partial charge in [-0.1, -0.05) is 23.9 Å². The van der Waals surface area contributed by atoms with Crippen LogP contribution >= 0.6 is 11.8 Å². The number of aryl methyl sites for hydroxylation is 2. The zero-order valence-corrected chi connectivity index (χ0v) is 11.8. The Bertz CT molecular complexity index is 568. The smallest absolute Gasteiger partial charge is 0.313 e. The topological polar surface area (TPSA) is 77.2 Å². The van der Waals surface area contributed by atoms with Crippen LogP contribution in [0.5, 0.6) is 5.75 Å². The highest BCUT2D eigenvalue weighted by Crippen LogP contribution is 2.16. The maximum absolute atomic E-state index is 10.6. The molecule has 1 aromatic heterocycles. The van der Waals surface area contributed by atoms with E-state index in [0.717, 1.165) is 12.2 Å². The summed E-state index contributed by atoms with van der Waals surface area (Å²) >= 11 is 1.17. The minimum atomic E-state index is -0.861. The van der Waals surface area contributed by atoms with E-state index in [-0.39, 0.29) is 5.75 Å². The summed E-state index contributed by atoms with van der Waals surface area (Å²) in [6.07, 6.45) is 2.44. The molecule has 0 bridgehead atoms. The molecule has 0 saturated heterocycles. The first-order valence-corrected chi connectivity index (χ1v) is 7.03. The van der Waals surface area contributed by atoms with Crippen molar-refractivity contribution in [3.63, 3.8) is 0 Å². The van der Waals surface area contributed by atoms with Crippen molar-refractivity contribution in [1.82, 2.24) is 14.8 Å². The van der Waals surface area contributed by atoms with Gasteiger partial charge in [-0.25, -0.2) is 0 Å². The van der Waals surface area contributed by atoms with E-state index in [9.17, 15) is 4.79 Å². The third-order valence-electron chi connectivity index (χ3n) is 2.71. The lowest BCUT2D eigenvalue weighted by molar-refractivity contribution is -0.133. The van der Waals surface area contributed by atoms with Gasteiger partial charge in [0.05, 0.1) is 12.9 Å². The highest BCUT2D eigenvalue weighted by Gasteiger charge is 2.07. The lowest BCUT2D eigenvalue weighted by atomic mass is 10.1. The second-order valence-electron chi connectivity index (χ2n) is 4.09. The summed E-state index contributed by atoms with van der Waals surface area (Å²) in [5, 5.41) is 17.0. The third-order valence-corrected chi connectivity index (χ3v) is 3.67. The molecule has 0 unspecified atom stereocenters. The molecule has 1 N–H and O–H groups in total. The van der Waals surface area contributed by atoms with Gasteiger partial charge >= 0.3 is 5.97 Å². The molecule has 6 nitrogen and oxygen atoms in total. The normalized spacial score (nSPS) is 10.4. The molecule has 20 heavy (non-hydrogen) atoms. The Morgan fingerprint density at radius 2 is 2.15 bits per heavy atom. The second kappa shape index (κ2) is 6.95. The van der Waals surface area contributed by atoms with Crippen molar-refractivity contribution < 1.29 is 14.6 Å². The zero-order chi connectivity index (χ0) is 14.4. The summed E-state index contributed by atoms with van der Waals surface area (Å²) in [6, 6.07) is 7.85. The van der Waals surface area contributed by atoms with Crippen LogP contribution in [0, 0.1) is 0 Å². The molecule has 0 saturated carbocycles. The average molecular weight is 293 g/mol. The van der Waals surface area contributed by atoms with E-state index >= 15 is 0 Å². The zero-order valence-electron chi connectivity index (χ0n) is 11.0. The largest absolute Gasteiger partial charge is 0.497 e. The molecule has 2 rings (SSSR count). The van der Waals surface area contributed by atoms with Gasteiger partial charge in [-0.2, -0.15) is 0 Å². The van der Waals surface area contributed by atoms with E-state index in [0.29, 0.717) is 11.7 Å². The van der Waals surface area contributed by atoms with E-state index in [1.165, 1.54) is 17.3 Å². The number of ether oxygens (including phenoxy) is 1. The minimum absolute atomic E-state index is 0.0127. The molecular formula is C13H15N3O3S. The number of aliphatic carboxylic acids is 1. The van der Waals surface area contributed by atoms with Crippen molar-refractivity contribution in [1.29, 1.82) is 0 Å². The van der Waals surface area contributed by atoms with Crippen LogP contribution in [0.2, 0.25) is 0 Å². The highest BCUT2D eigenvalue weighted by molar-refractivity contribution is 7.99. The summed E-state index contributed by atoms with van der Waals surface area (Å²) in [7, 11) is 1.64. The standard InChI is InChI=1S/C13H15N3O3S/c1-19-11-4-2-10(3-5-11)6-7-16-9-14-15-13(16)20-8-12(17)18/h2-5,9H,6-8H2,1H3,(H,17,18). The van der Waals surface area contributed by atoms with Crippen molar-refractivity contribution in [3.8, 4) is 5.75 Å². The number of hydrogen-bond donors (Lipinski definition) is 1. The SMILES string of the molecule is COc1ccc(CCn2cnnc2SCC(=O)O)cc1. The van der Waals surface area contributed by atoms with Crippen LogP contribution in [0.4, 0.5) is 0 Å². The summed E-state index contributed by atoms with van der Waals surface area (Å²) in [4.78, 5) is 10.6. The number of rotatable bonds is 7. The number of nitrogens with zero attached hydrogens (tertiary/aromatic N) is 3. The van der Waals surface area contributed by atoms with Crippen molar-refractivity contribution >= 4 is 17.7 Å². The molecule has 0 spiro atoms. The van der Waals surface area contributed by atoms with Crippen LogP contribution in [0.3, 0.4) is 0 Å². The molecule has 2 aromatic rings. The van der Waals surface area contributed by atoms with Crippen LogP contribution in [0.15, 0.2) is 35.7 Å². The fraction of sp³-hybridized carbons (Fsp3) is 0.308. The molecule has 0 aliphatic heterocycles. The number of hydrogen-bond acceptors (Lipinski definition) is 5. The lowest BCUT2D eigenvalue weighted by Gasteiger charge is -2.06. The third kappa shape index (κ3) is 3.99. The monoisotopic (exact) mass is 293 g/mol. The molecule has 7 heteroatoms. The van der Waals surface area contributed by atoms with E-state index in [1.807, 2.05) is 28.8 Å². The van der Waals surface area contributed by atoms with Crippen LogP contribution in [0.25, 0.3) is 0 Å². The molecule has 1 heterocycles. The van der Waals surface area contributed by atoms with Gasteiger partial charge in [0, 0.05) is 6.54 Å². The lowest BCUT2D eigenvalue weighted by Crippen LogP contribution is -2.04. The number of benzene rings is 1. The molecule has 0 amide bonds. The van der Waals surface area contributed by atoms with Crippen LogP contribution in [0.1, 0.15) is 5.56 Å². The fourth-order valence-electron chi connectivity index (χ4n) is 1.68. The second-order valence-corrected chi connectivity index (χ2v) is 5.03. The van der Waals surface area contributed by atoms with E-state index in [1.54, 1.807) is 13.4 Å². The minimum Gasteiger partial charge on any atom is -0.497 e. The van der Waals surface area contributed by atoms with Crippen molar-refractivity contribution in [2.24, 2.45) is 0 Å². The molecule has 106 valence electrons. The van der Waals surface area contributed by atoms with Gasteiger partial charge in [-0.05, 0) is 24.1 Å². The molecule has 0 aliphatic rings. The molecule has 1 aromatic carbocycles. The Labute approximate surface area is 120 Å². The fourth-order valence-corrected chi connectivity index (χ4v) is 2.34. The van der Waals surface area contributed by atoms with E-state index in [4.69, 9.17) is 9.84 Å². The summed E-state index contributed by atoms with van der Waals surface area (Å²) < 4.78 is 6.97. The van der Waals surface area contributed by atoms with Gasteiger partial charge in [-0.3, -0.25) is 4.79 Å². The predicted octanol–water partition coefficient (Wildman–Crippen LogP) is 1.71. The maximum atomic E-state index is 10.6. The maximum Gasteiger partial charge on any atom is 0.313 e. The number of methoxy groups -OCH3 is 1. The van der Waals surface area contributed by atoms with Gasteiger partial charge < -0.3 is 14.4 Å². The van der Waals surface area contributed by atoms with E-state index < -0.39 is 5.97 Å². The van der Waals surface area contributed by atoms with E-state index in [2.05, 4.69) is 10.2 Å². The first-order chi connectivity index (χ1) is 9.69. The molecule has 0 atom stereocenters. The van der Waals surface area contributed by atoms with Gasteiger partial charge in [0.2, 0.25) is 0 Å². The Hall–Kier alpha value is -2.02. The highest BCUT2D eigenvalue weighted by atomic mass is 32.2. The van der Waals surface area contributed by atoms with Crippen molar-refractivity contribution in [2.45, 2.75) is 18.1 Å². The summed E-state index contributed by atoms with van der Waals surface area (Å²) in [5.74, 6) is -0.0447. The first kappa shape index (κ1) is 14.4. The first-order valence-electron chi connectivity index (χ1n) is 6.04. The molecule has 0 aliphatic carbocycles. The molecule has 0 radical (unpaired) electrons. The predicted molar refractivity (Wildman–Crippen MR) is 75.1 cm³/mol. The van der Waals surface area contributed by atoms with Gasteiger partial charge in [0.15, 0.2) is 5.16 Å². The Morgan fingerprint density at radius 3 is 2.80 bits per heavy atom. The Kier molecular flexibility index (Phi) is 5.00. The van der Waals surface area contributed by atoms with Gasteiger partial charge in [0.25, 0.3) is 0 Å². The molecule has 0 fully saturated rings. The summed E-state index contributed by atoms with van der Waals surface area (Å²) in [6.45, 7) is 0.710.